The third-order valence-corrected chi connectivity index (χ3v) is 4.06. The number of pyridine rings is 1. The summed E-state index contributed by atoms with van der Waals surface area (Å²) in [6.07, 6.45) is 2.06. The van der Waals surface area contributed by atoms with Crippen molar-refractivity contribution in [2.45, 2.75) is 37.1 Å². The van der Waals surface area contributed by atoms with E-state index in [1.165, 1.54) is 0 Å². The van der Waals surface area contributed by atoms with E-state index in [1.807, 2.05) is 30.3 Å². The van der Waals surface area contributed by atoms with Crippen LogP contribution in [0.25, 0.3) is 10.9 Å². The van der Waals surface area contributed by atoms with Gasteiger partial charge in [-0.15, -0.1) is 0 Å². The van der Waals surface area contributed by atoms with Crippen LogP contribution in [-0.2, 0) is 5.54 Å². The summed E-state index contributed by atoms with van der Waals surface area (Å²) in [6.45, 7) is 0. The standard InChI is InChI=1S/C15H16F2N2/c16-15(17)8-6-14(18,7-9-15)12-5-10-19-13-4-2-1-3-11(12)13/h1-5,10H,6-9,18H2. The molecule has 0 amide bonds. The summed E-state index contributed by atoms with van der Waals surface area (Å²) in [6, 6.07) is 9.58. The first kappa shape index (κ1) is 12.5. The first-order valence-corrected chi connectivity index (χ1v) is 6.51. The van der Waals surface area contributed by atoms with Crippen molar-refractivity contribution in [3.8, 4) is 0 Å². The Balaban J connectivity index is 2.05. The van der Waals surface area contributed by atoms with Crippen molar-refractivity contribution in [2.24, 2.45) is 5.73 Å². The molecule has 0 atom stereocenters. The lowest BCUT2D eigenvalue weighted by Crippen LogP contribution is -2.43. The highest BCUT2D eigenvalue weighted by atomic mass is 19.3. The first-order valence-electron chi connectivity index (χ1n) is 6.51. The van der Waals surface area contributed by atoms with Crippen LogP contribution in [0.2, 0.25) is 0 Å². The average Bonchev–Trinajstić information content (AvgIpc) is 2.42. The van der Waals surface area contributed by atoms with Crippen LogP contribution < -0.4 is 5.73 Å². The van der Waals surface area contributed by atoms with Crippen LogP contribution in [0.3, 0.4) is 0 Å². The van der Waals surface area contributed by atoms with Crippen LogP contribution in [0.4, 0.5) is 8.78 Å². The topological polar surface area (TPSA) is 38.9 Å². The van der Waals surface area contributed by atoms with Gasteiger partial charge < -0.3 is 5.73 Å². The Morgan fingerprint density at radius 1 is 1.00 bits per heavy atom. The summed E-state index contributed by atoms with van der Waals surface area (Å²) < 4.78 is 26.6. The van der Waals surface area contributed by atoms with E-state index in [-0.39, 0.29) is 12.8 Å². The molecule has 0 unspecified atom stereocenters. The van der Waals surface area contributed by atoms with E-state index in [2.05, 4.69) is 4.98 Å². The Morgan fingerprint density at radius 3 is 2.42 bits per heavy atom. The van der Waals surface area contributed by atoms with Gasteiger partial charge in [-0.05, 0) is 30.5 Å². The van der Waals surface area contributed by atoms with Gasteiger partial charge in [-0.1, -0.05) is 18.2 Å². The summed E-state index contributed by atoms with van der Waals surface area (Å²) in [5, 5.41) is 0.970. The van der Waals surface area contributed by atoms with Gasteiger partial charge in [0.1, 0.15) is 0 Å². The molecule has 1 aliphatic carbocycles. The number of benzene rings is 1. The van der Waals surface area contributed by atoms with E-state index < -0.39 is 11.5 Å². The van der Waals surface area contributed by atoms with Gasteiger partial charge in [-0.3, -0.25) is 4.98 Å². The number of hydrogen-bond acceptors (Lipinski definition) is 2. The Kier molecular flexibility index (Phi) is 2.78. The summed E-state index contributed by atoms with van der Waals surface area (Å²) in [5.74, 6) is -2.56. The van der Waals surface area contributed by atoms with Crippen LogP contribution in [0.1, 0.15) is 31.2 Å². The zero-order chi connectivity index (χ0) is 13.5. The summed E-state index contributed by atoms with van der Waals surface area (Å²) in [4.78, 5) is 4.29. The lowest BCUT2D eigenvalue weighted by molar-refractivity contribution is -0.0512. The van der Waals surface area contributed by atoms with Crippen LogP contribution in [0.5, 0.6) is 0 Å². The predicted molar refractivity (Wildman–Crippen MR) is 71.0 cm³/mol. The number of halogens is 2. The van der Waals surface area contributed by atoms with Crippen molar-refractivity contribution in [2.75, 3.05) is 0 Å². The molecule has 0 spiro atoms. The van der Waals surface area contributed by atoms with E-state index in [0.29, 0.717) is 12.8 Å². The van der Waals surface area contributed by atoms with E-state index in [9.17, 15) is 8.78 Å². The zero-order valence-corrected chi connectivity index (χ0v) is 10.6. The van der Waals surface area contributed by atoms with E-state index in [0.717, 1.165) is 16.5 Å². The number of nitrogens with zero attached hydrogens (tertiary/aromatic N) is 1. The molecule has 0 radical (unpaired) electrons. The maximum absolute atomic E-state index is 13.3. The number of hydrogen-bond donors (Lipinski definition) is 1. The second kappa shape index (κ2) is 4.23. The highest BCUT2D eigenvalue weighted by Gasteiger charge is 2.42. The molecule has 3 rings (SSSR count). The normalized spacial score (nSPS) is 21.4. The van der Waals surface area contributed by atoms with Crippen LogP contribution >= 0.6 is 0 Å². The quantitative estimate of drug-likeness (QED) is 0.852. The Bertz CT molecular complexity index is 595. The van der Waals surface area contributed by atoms with Gasteiger partial charge in [0, 0.05) is 30.0 Å². The van der Waals surface area contributed by atoms with Crippen molar-refractivity contribution < 1.29 is 8.78 Å². The Morgan fingerprint density at radius 2 is 1.68 bits per heavy atom. The van der Waals surface area contributed by atoms with E-state index >= 15 is 0 Å². The summed E-state index contributed by atoms with van der Waals surface area (Å²) in [7, 11) is 0. The number of rotatable bonds is 1. The monoisotopic (exact) mass is 262 g/mol. The minimum Gasteiger partial charge on any atom is -0.321 e. The molecule has 2 N–H and O–H groups in total. The van der Waals surface area contributed by atoms with Crippen molar-refractivity contribution in [1.29, 1.82) is 0 Å². The minimum absolute atomic E-state index is 0.139. The molecule has 0 bridgehead atoms. The van der Waals surface area contributed by atoms with Crippen molar-refractivity contribution >= 4 is 10.9 Å². The molecule has 1 heterocycles. The van der Waals surface area contributed by atoms with Crippen molar-refractivity contribution in [3.05, 3.63) is 42.1 Å². The lowest BCUT2D eigenvalue weighted by Gasteiger charge is -2.38. The highest BCUT2D eigenvalue weighted by Crippen LogP contribution is 2.43. The van der Waals surface area contributed by atoms with Gasteiger partial charge in [0.2, 0.25) is 5.92 Å². The molecule has 1 saturated carbocycles. The molecule has 2 nitrogen and oxygen atoms in total. The van der Waals surface area contributed by atoms with Gasteiger partial charge >= 0.3 is 0 Å². The SMILES string of the molecule is NC1(c2ccnc3ccccc23)CCC(F)(F)CC1. The smallest absolute Gasteiger partial charge is 0.248 e. The predicted octanol–water partition coefficient (Wildman–Crippen LogP) is 3.60. The van der Waals surface area contributed by atoms with E-state index in [1.54, 1.807) is 6.20 Å². The third kappa shape index (κ3) is 2.21. The summed E-state index contributed by atoms with van der Waals surface area (Å²) in [5.41, 5.74) is 7.55. The second-order valence-corrected chi connectivity index (χ2v) is 5.39. The van der Waals surface area contributed by atoms with Gasteiger partial charge in [0.05, 0.1) is 5.52 Å². The van der Waals surface area contributed by atoms with Crippen LogP contribution in [-0.4, -0.2) is 10.9 Å². The zero-order valence-electron chi connectivity index (χ0n) is 10.6. The van der Waals surface area contributed by atoms with Gasteiger partial charge in [-0.2, -0.15) is 0 Å². The molecule has 1 aromatic carbocycles. The fourth-order valence-electron chi connectivity index (χ4n) is 2.86. The molecule has 1 aromatic heterocycles. The number of aromatic nitrogens is 1. The van der Waals surface area contributed by atoms with Gasteiger partial charge in [0.15, 0.2) is 0 Å². The van der Waals surface area contributed by atoms with Crippen LogP contribution in [0, 0.1) is 0 Å². The molecule has 4 heteroatoms. The first-order chi connectivity index (χ1) is 9.00. The molecule has 100 valence electrons. The van der Waals surface area contributed by atoms with Crippen LogP contribution in [0.15, 0.2) is 36.5 Å². The third-order valence-electron chi connectivity index (χ3n) is 4.06. The molecule has 1 aliphatic rings. The van der Waals surface area contributed by atoms with E-state index in [4.69, 9.17) is 5.73 Å². The summed E-state index contributed by atoms with van der Waals surface area (Å²) >= 11 is 0. The molecular formula is C15H16F2N2. The second-order valence-electron chi connectivity index (χ2n) is 5.39. The molecule has 0 aliphatic heterocycles. The number of nitrogens with two attached hydrogens (primary N) is 1. The lowest BCUT2D eigenvalue weighted by atomic mass is 9.75. The molecule has 0 saturated heterocycles. The van der Waals surface area contributed by atoms with Gasteiger partial charge in [-0.25, -0.2) is 8.78 Å². The minimum atomic E-state index is -2.56. The molecular weight excluding hydrogens is 246 g/mol. The largest absolute Gasteiger partial charge is 0.321 e. The average molecular weight is 262 g/mol. The Hall–Kier alpha value is -1.55. The highest BCUT2D eigenvalue weighted by molar-refractivity contribution is 5.82. The number of para-hydroxylation sites is 1. The number of alkyl halides is 2. The number of fused-ring (bicyclic) bond motifs is 1. The molecule has 19 heavy (non-hydrogen) atoms. The van der Waals surface area contributed by atoms with Crippen molar-refractivity contribution in [1.82, 2.24) is 4.98 Å². The van der Waals surface area contributed by atoms with Gasteiger partial charge in [0.25, 0.3) is 0 Å². The molecule has 2 aromatic rings. The fourth-order valence-corrected chi connectivity index (χ4v) is 2.86. The maximum Gasteiger partial charge on any atom is 0.248 e. The Labute approximate surface area is 110 Å². The maximum atomic E-state index is 13.3. The molecule has 1 fully saturated rings. The fraction of sp³-hybridized carbons (Fsp3) is 0.400. The van der Waals surface area contributed by atoms with Crippen molar-refractivity contribution in [3.63, 3.8) is 0 Å².